The molecule has 0 aliphatic carbocycles. The SMILES string of the molecule is CNC(C)C(=O)Cc1cccnc1. The molecule has 0 aliphatic rings. The summed E-state index contributed by atoms with van der Waals surface area (Å²) in [6.45, 7) is 1.86. The monoisotopic (exact) mass is 178 g/mol. The van der Waals surface area contributed by atoms with E-state index in [9.17, 15) is 4.79 Å². The third-order valence-electron chi connectivity index (χ3n) is 2.02. The van der Waals surface area contributed by atoms with Gasteiger partial charge in [-0.2, -0.15) is 0 Å². The predicted octanol–water partition coefficient (Wildman–Crippen LogP) is 0.801. The number of rotatable bonds is 4. The number of hydrogen-bond donors (Lipinski definition) is 1. The second kappa shape index (κ2) is 4.72. The Morgan fingerprint density at radius 2 is 2.46 bits per heavy atom. The van der Waals surface area contributed by atoms with Gasteiger partial charge in [-0.3, -0.25) is 9.78 Å². The number of pyridine rings is 1. The van der Waals surface area contributed by atoms with E-state index in [-0.39, 0.29) is 11.8 Å². The van der Waals surface area contributed by atoms with Crippen LogP contribution in [0, 0.1) is 0 Å². The highest BCUT2D eigenvalue weighted by molar-refractivity contribution is 5.85. The molecule has 0 aliphatic heterocycles. The summed E-state index contributed by atoms with van der Waals surface area (Å²) in [5, 5.41) is 2.91. The maximum atomic E-state index is 11.5. The highest BCUT2D eigenvalue weighted by Gasteiger charge is 2.10. The van der Waals surface area contributed by atoms with E-state index in [0.29, 0.717) is 6.42 Å². The Hall–Kier alpha value is -1.22. The van der Waals surface area contributed by atoms with Crippen LogP contribution in [0.2, 0.25) is 0 Å². The van der Waals surface area contributed by atoms with Crippen LogP contribution in [0.1, 0.15) is 12.5 Å². The first kappa shape index (κ1) is 9.86. The third kappa shape index (κ3) is 2.95. The Bertz CT molecular complexity index is 272. The quantitative estimate of drug-likeness (QED) is 0.741. The summed E-state index contributed by atoms with van der Waals surface area (Å²) >= 11 is 0. The number of Topliss-reactive ketones (excluding diaryl/α,β-unsaturated/α-hetero) is 1. The molecule has 3 nitrogen and oxygen atoms in total. The highest BCUT2D eigenvalue weighted by atomic mass is 16.1. The van der Waals surface area contributed by atoms with Gasteiger partial charge in [0.15, 0.2) is 5.78 Å². The Balaban J connectivity index is 2.55. The minimum atomic E-state index is -0.0831. The minimum absolute atomic E-state index is 0.0831. The number of likely N-dealkylation sites (N-methyl/N-ethyl adjacent to an activating group) is 1. The standard InChI is InChI=1S/C10H14N2O/c1-8(11-2)10(13)6-9-4-3-5-12-7-9/h3-5,7-8,11H,6H2,1-2H3. The lowest BCUT2D eigenvalue weighted by atomic mass is 10.1. The fourth-order valence-corrected chi connectivity index (χ4v) is 1.02. The molecule has 1 aromatic heterocycles. The summed E-state index contributed by atoms with van der Waals surface area (Å²) in [6, 6.07) is 3.67. The van der Waals surface area contributed by atoms with Crippen molar-refractivity contribution < 1.29 is 4.79 Å². The highest BCUT2D eigenvalue weighted by Crippen LogP contribution is 1.99. The third-order valence-corrected chi connectivity index (χ3v) is 2.02. The van der Waals surface area contributed by atoms with Crippen LogP contribution in [0.25, 0.3) is 0 Å². The second-order valence-electron chi connectivity index (χ2n) is 3.01. The molecule has 1 unspecified atom stereocenters. The Kier molecular flexibility index (Phi) is 3.58. The van der Waals surface area contributed by atoms with Gasteiger partial charge in [0.2, 0.25) is 0 Å². The largest absolute Gasteiger partial charge is 0.311 e. The molecule has 0 aromatic carbocycles. The maximum absolute atomic E-state index is 11.5. The van der Waals surface area contributed by atoms with Crippen LogP contribution < -0.4 is 5.32 Å². The average molecular weight is 178 g/mol. The van der Waals surface area contributed by atoms with Crippen molar-refractivity contribution in [2.75, 3.05) is 7.05 Å². The lowest BCUT2D eigenvalue weighted by Gasteiger charge is -2.07. The van der Waals surface area contributed by atoms with Gasteiger partial charge in [0, 0.05) is 18.8 Å². The van der Waals surface area contributed by atoms with E-state index >= 15 is 0 Å². The summed E-state index contributed by atoms with van der Waals surface area (Å²) in [5.41, 5.74) is 0.967. The average Bonchev–Trinajstić information content (AvgIpc) is 2.18. The number of aromatic nitrogens is 1. The van der Waals surface area contributed by atoms with Gasteiger partial charge >= 0.3 is 0 Å². The molecular formula is C10H14N2O. The number of nitrogens with zero attached hydrogens (tertiary/aromatic N) is 1. The van der Waals surface area contributed by atoms with Crippen LogP contribution in [-0.4, -0.2) is 23.9 Å². The van der Waals surface area contributed by atoms with E-state index in [2.05, 4.69) is 10.3 Å². The molecule has 0 radical (unpaired) electrons. The number of nitrogens with one attached hydrogen (secondary N) is 1. The summed E-state index contributed by atoms with van der Waals surface area (Å²) in [5.74, 6) is 0.190. The summed E-state index contributed by atoms with van der Waals surface area (Å²) in [6.07, 6.45) is 3.88. The van der Waals surface area contributed by atoms with Crippen LogP contribution in [0.4, 0.5) is 0 Å². The van der Waals surface area contributed by atoms with Gasteiger partial charge in [0.05, 0.1) is 6.04 Å². The van der Waals surface area contributed by atoms with Crippen molar-refractivity contribution in [3.05, 3.63) is 30.1 Å². The second-order valence-corrected chi connectivity index (χ2v) is 3.01. The van der Waals surface area contributed by atoms with E-state index in [1.807, 2.05) is 19.1 Å². The molecule has 1 N–H and O–H groups in total. The summed E-state index contributed by atoms with van der Waals surface area (Å²) in [7, 11) is 1.78. The fraction of sp³-hybridized carbons (Fsp3) is 0.400. The van der Waals surface area contributed by atoms with Gasteiger partial charge in [-0.15, -0.1) is 0 Å². The Labute approximate surface area is 78.2 Å². The summed E-state index contributed by atoms with van der Waals surface area (Å²) < 4.78 is 0. The predicted molar refractivity (Wildman–Crippen MR) is 51.5 cm³/mol. The molecule has 1 atom stereocenters. The van der Waals surface area contributed by atoms with Crippen molar-refractivity contribution in [2.45, 2.75) is 19.4 Å². The van der Waals surface area contributed by atoms with E-state index < -0.39 is 0 Å². The molecule has 0 fully saturated rings. The first-order valence-electron chi connectivity index (χ1n) is 4.33. The van der Waals surface area contributed by atoms with Crippen molar-refractivity contribution in [1.29, 1.82) is 0 Å². The van der Waals surface area contributed by atoms with Crippen molar-refractivity contribution in [1.82, 2.24) is 10.3 Å². The van der Waals surface area contributed by atoms with Crippen molar-refractivity contribution in [3.63, 3.8) is 0 Å². The van der Waals surface area contributed by atoms with Crippen molar-refractivity contribution >= 4 is 5.78 Å². The molecule has 1 aromatic rings. The van der Waals surface area contributed by atoms with Gasteiger partial charge < -0.3 is 5.32 Å². The molecule has 70 valence electrons. The van der Waals surface area contributed by atoms with Crippen LogP contribution in [-0.2, 0) is 11.2 Å². The van der Waals surface area contributed by atoms with Crippen LogP contribution in [0.5, 0.6) is 0 Å². The zero-order valence-electron chi connectivity index (χ0n) is 7.95. The molecule has 13 heavy (non-hydrogen) atoms. The van der Waals surface area contributed by atoms with E-state index in [4.69, 9.17) is 0 Å². The van der Waals surface area contributed by atoms with Crippen molar-refractivity contribution in [3.8, 4) is 0 Å². The molecule has 0 saturated carbocycles. The first-order valence-corrected chi connectivity index (χ1v) is 4.33. The zero-order chi connectivity index (χ0) is 9.68. The van der Waals surface area contributed by atoms with Crippen LogP contribution in [0.3, 0.4) is 0 Å². The topological polar surface area (TPSA) is 42.0 Å². The lowest BCUT2D eigenvalue weighted by molar-refractivity contribution is -0.119. The van der Waals surface area contributed by atoms with Gasteiger partial charge in [0.25, 0.3) is 0 Å². The molecular weight excluding hydrogens is 164 g/mol. The Morgan fingerprint density at radius 1 is 1.69 bits per heavy atom. The van der Waals surface area contributed by atoms with Gasteiger partial charge in [0.1, 0.15) is 0 Å². The van der Waals surface area contributed by atoms with Crippen molar-refractivity contribution in [2.24, 2.45) is 0 Å². The van der Waals surface area contributed by atoms with Gasteiger partial charge in [-0.25, -0.2) is 0 Å². The number of carbonyl (C=O) groups is 1. The molecule has 0 saturated heterocycles. The van der Waals surface area contributed by atoms with Crippen LogP contribution in [0.15, 0.2) is 24.5 Å². The molecule has 0 bridgehead atoms. The minimum Gasteiger partial charge on any atom is -0.311 e. The van der Waals surface area contributed by atoms with Crippen LogP contribution >= 0.6 is 0 Å². The summed E-state index contributed by atoms with van der Waals surface area (Å²) in [4.78, 5) is 15.4. The first-order chi connectivity index (χ1) is 6.24. The molecule has 3 heteroatoms. The Morgan fingerprint density at radius 3 is 3.00 bits per heavy atom. The number of hydrogen-bond acceptors (Lipinski definition) is 3. The molecule has 0 spiro atoms. The fourth-order valence-electron chi connectivity index (χ4n) is 1.02. The van der Waals surface area contributed by atoms with Gasteiger partial charge in [-0.05, 0) is 25.6 Å². The lowest BCUT2D eigenvalue weighted by Crippen LogP contribution is -2.31. The number of ketones is 1. The van der Waals surface area contributed by atoms with Gasteiger partial charge in [-0.1, -0.05) is 6.07 Å². The maximum Gasteiger partial charge on any atom is 0.153 e. The zero-order valence-corrected chi connectivity index (χ0v) is 7.95. The molecule has 1 rings (SSSR count). The van der Waals surface area contributed by atoms with E-state index in [1.165, 1.54) is 0 Å². The van der Waals surface area contributed by atoms with E-state index in [1.54, 1.807) is 19.4 Å². The normalized spacial score (nSPS) is 12.5. The molecule has 0 amide bonds. The number of carbonyl (C=O) groups excluding carboxylic acids is 1. The smallest absolute Gasteiger partial charge is 0.153 e. The van der Waals surface area contributed by atoms with E-state index in [0.717, 1.165) is 5.56 Å². The molecule has 1 heterocycles.